The fraction of sp³-hybridized carbons (Fsp3) is 0.615. The zero-order chi connectivity index (χ0) is 25.4. The van der Waals surface area contributed by atoms with Gasteiger partial charge in [-0.2, -0.15) is 0 Å². The van der Waals surface area contributed by atoms with Gasteiger partial charge in [-0.05, 0) is 64.4 Å². The van der Waals surface area contributed by atoms with Crippen LogP contribution in [0.25, 0.3) is 0 Å². The van der Waals surface area contributed by atoms with Gasteiger partial charge in [0.25, 0.3) is 0 Å². The van der Waals surface area contributed by atoms with Gasteiger partial charge in [0.15, 0.2) is 0 Å². The molecule has 3 heterocycles. The lowest BCUT2D eigenvalue weighted by atomic mass is 9.94. The molecule has 10 heteroatoms. The molecule has 0 saturated carbocycles. The van der Waals surface area contributed by atoms with Crippen LogP contribution < -0.4 is 5.32 Å². The number of benzene rings is 1. The first-order valence-electron chi connectivity index (χ1n) is 12.9. The van der Waals surface area contributed by atoms with E-state index >= 15 is 0 Å². The maximum atomic E-state index is 14.4. The lowest BCUT2D eigenvalue weighted by Gasteiger charge is -2.41. The van der Waals surface area contributed by atoms with Crippen molar-refractivity contribution in [2.24, 2.45) is 10.9 Å². The maximum absolute atomic E-state index is 14.4. The lowest BCUT2D eigenvalue weighted by Crippen LogP contribution is -2.54. The number of rotatable bonds is 5. The van der Waals surface area contributed by atoms with Crippen LogP contribution in [0.3, 0.4) is 0 Å². The maximum Gasteiger partial charge on any atom is 0.231 e. The van der Waals surface area contributed by atoms with Crippen LogP contribution in [-0.2, 0) is 4.79 Å². The highest BCUT2D eigenvalue weighted by molar-refractivity contribution is 9.10. The van der Waals surface area contributed by atoms with Crippen molar-refractivity contribution < 1.29 is 19.4 Å². The Morgan fingerprint density at radius 1 is 1.19 bits per heavy atom. The van der Waals surface area contributed by atoms with Crippen LogP contribution in [0.5, 0.6) is 0 Å². The minimum Gasteiger partial charge on any atom is -0.393 e. The molecule has 1 aromatic carbocycles. The van der Waals surface area contributed by atoms with Crippen molar-refractivity contribution in [3.8, 4) is 0 Å². The van der Waals surface area contributed by atoms with Crippen molar-refractivity contribution in [1.82, 2.24) is 20.0 Å². The molecule has 3 N–H and O–H groups in total. The first-order valence-corrected chi connectivity index (χ1v) is 13.7. The van der Waals surface area contributed by atoms with Crippen molar-refractivity contribution in [2.45, 2.75) is 50.5 Å². The molecule has 4 atom stereocenters. The third kappa shape index (κ3) is 5.24. The first-order chi connectivity index (χ1) is 17.3. The Hall–Kier alpha value is -1.85. The molecule has 4 aliphatic rings. The van der Waals surface area contributed by atoms with E-state index in [0.29, 0.717) is 62.0 Å². The van der Waals surface area contributed by atoms with Crippen LogP contribution in [-0.4, -0.2) is 101 Å². The molecule has 0 spiro atoms. The van der Waals surface area contributed by atoms with Crippen molar-refractivity contribution in [3.05, 3.63) is 45.3 Å². The summed E-state index contributed by atoms with van der Waals surface area (Å²) < 4.78 is 14.8. The van der Waals surface area contributed by atoms with Crippen LogP contribution in [0.1, 0.15) is 37.7 Å². The summed E-state index contributed by atoms with van der Waals surface area (Å²) in [6.07, 6.45) is 2.89. The van der Waals surface area contributed by atoms with E-state index in [1.54, 1.807) is 12.4 Å². The van der Waals surface area contributed by atoms with Crippen LogP contribution in [0, 0.1) is 11.7 Å². The predicted molar refractivity (Wildman–Crippen MR) is 139 cm³/mol. The fourth-order valence-corrected chi connectivity index (χ4v) is 6.23. The zero-order valence-electron chi connectivity index (χ0n) is 20.6. The molecule has 3 aliphatic heterocycles. The van der Waals surface area contributed by atoms with Crippen molar-refractivity contribution in [2.75, 3.05) is 45.8 Å². The van der Waals surface area contributed by atoms with E-state index < -0.39 is 12.0 Å². The third-order valence-corrected chi connectivity index (χ3v) is 8.72. The Labute approximate surface area is 220 Å². The summed E-state index contributed by atoms with van der Waals surface area (Å²) in [6, 6.07) is 4.96. The number of piperidine rings is 1. The summed E-state index contributed by atoms with van der Waals surface area (Å²) in [5, 5.41) is 23.4. The van der Waals surface area contributed by atoms with E-state index in [4.69, 9.17) is 0 Å². The Morgan fingerprint density at radius 2 is 1.92 bits per heavy atom. The minimum atomic E-state index is -0.477. The molecule has 2 fully saturated rings. The average Bonchev–Trinajstić information content (AvgIpc) is 3.18. The number of hydrogen-bond acceptors (Lipinski definition) is 7. The topological polar surface area (TPSA) is 91.6 Å². The number of amides is 1. The van der Waals surface area contributed by atoms with Crippen molar-refractivity contribution >= 4 is 28.2 Å². The highest BCUT2D eigenvalue weighted by atomic mass is 79.9. The summed E-state index contributed by atoms with van der Waals surface area (Å²) in [5.41, 5.74) is 2.71. The minimum absolute atomic E-state index is 0.0147. The molecule has 8 nitrogen and oxygen atoms in total. The molecule has 0 radical (unpaired) electrons. The van der Waals surface area contributed by atoms with Crippen molar-refractivity contribution in [1.29, 1.82) is 0 Å². The highest BCUT2D eigenvalue weighted by Crippen LogP contribution is 2.37. The molecule has 1 amide bonds. The Morgan fingerprint density at radius 3 is 2.61 bits per heavy atom. The molecule has 5 rings (SSSR count). The second-order valence-corrected chi connectivity index (χ2v) is 11.3. The standard InChI is InChI=1S/C26H35BrFN5O3/c1-16-12-22(35)24-23(16)25(30-15-29-24)32-8-10-33(11-9-32)26(36)19(14-31-6-4-18(34)5-7-31)17-2-3-20(27)21(28)13-17/h2-3,13,15-16,18-19,22,25,34-35H,4-12,14H2,1H3,(H,29,30)/t16-,19?,22-,25-/m1/s1. The van der Waals surface area contributed by atoms with Gasteiger partial charge in [-0.15, -0.1) is 0 Å². The van der Waals surface area contributed by atoms with E-state index in [0.717, 1.165) is 24.4 Å². The van der Waals surface area contributed by atoms with Gasteiger partial charge in [0.1, 0.15) is 12.0 Å². The number of hydrogen-bond donors (Lipinski definition) is 3. The van der Waals surface area contributed by atoms with Gasteiger partial charge in [-0.1, -0.05) is 13.0 Å². The van der Waals surface area contributed by atoms with E-state index in [2.05, 4.69) is 43.0 Å². The number of likely N-dealkylation sites (tertiary alicyclic amines) is 1. The normalized spacial score (nSPS) is 28.8. The highest BCUT2D eigenvalue weighted by Gasteiger charge is 2.40. The second kappa shape index (κ2) is 10.9. The molecule has 0 aromatic heterocycles. The summed E-state index contributed by atoms with van der Waals surface area (Å²) in [7, 11) is 0. The Balaban J connectivity index is 1.29. The van der Waals surface area contributed by atoms with Crippen LogP contribution in [0.15, 0.2) is 38.9 Å². The molecule has 196 valence electrons. The monoisotopic (exact) mass is 563 g/mol. The van der Waals surface area contributed by atoms with Gasteiger partial charge in [0.2, 0.25) is 5.91 Å². The van der Waals surface area contributed by atoms with Gasteiger partial charge in [0.05, 0.1) is 28.9 Å². The van der Waals surface area contributed by atoms with Gasteiger partial charge >= 0.3 is 0 Å². The summed E-state index contributed by atoms with van der Waals surface area (Å²) in [4.78, 5) is 24.9. The molecular formula is C26H35BrFN5O3. The number of piperazine rings is 1. The summed E-state index contributed by atoms with van der Waals surface area (Å²) >= 11 is 3.22. The van der Waals surface area contributed by atoms with E-state index in [1.807, 2.05) is 11.0 Å². The van der Waals surface area contributed by atoms with Gasteiger partial charge < -0.3 is 25.3 Å². The lowest BCUT2D eigenvalue weighted by molar-refractivity contribution is -0.135. The van der Waals surface area contributed by atoms with Crippen LogP contribution >= 0.6 is 15.9 Å². The van der Waals surface area contributed by atoms with Crippen LogP contribution in [0.2, 0.25) is 0 Å². The Kier molecular flexibility index (Phi) is 7.78. The molecule has 2 saturated heterocycles. The molecular weight excluding hydrogens is 529 g/mol. The number of aliphatic imine (C=N–C) groups is 1. The number of carbonyl (C=O) groups excluding carboxylic acids is 1. The Bertz CT molecular complexity index is 1040. The smallest absolute Gasteiger partial charge is 0.231 e. The third-order valence-electron chi connectivity index (χ3n) is 8.08. The summed E-state index contributed by atoms with van der Waals surface area (Å²) in [5.74, 6) is -0.569. The number of aliphatic hydroxyl groups excluding tert-OH is 2. The van der Waals surface area contributed by atoms with E-state index in [9.17, 15) is 19.4 Å². The van der Waals surface area contributed by atoms with E-state index in [-0.39, 0.29) is 29.9 Å². The van der Waals surface area contributed by atoms with E-state index in [1.165, 1.54) is 6.07 Å². The summed E-state index contributed by atoms with van der Waals surface area (Å²) in [6.45, 7) is 6.62. The number of nitrogens with one attached hydrogen (secondary N) is 1. The molecule has 1 aromatic rings. The molecule has 1 unspecified atom stereocenters. The average molecular weight is 565 g/mol. The largest absolute Gasteiger partial charge is 0.393 e. The molecule has 1 aliphatic carbocycles. The predicted octanol–water partition coefficient (Wildman–Crippen LogP) is 1.89. The number of halogens is 2. The molecule has 36 heavy (non-hydrogen) atoms. The number of aliphatic hydroxyl groups is 2. The van der Waals surface area contributed by atoms with Gasteiger partial charge in [-0.3, -0.25) is 14.7 Å². The zero-order valence-corrected chi connectivity index (χ0v) is 22.2. The second-order valence-electron chi connectivity index (χ2n) is 10.4. The molecule has 0 bridgehead atoms. The SMILES string of the molecule is C[C@@H]1C[C@@H](O)C2=C1[C@@H](N1CCN(C(=O)C(CN3CCC(O)CC3)c3ccc(Br)c(F)c3)CC1)N=CN2. The van der Waals surface area contributed by atoms with Gasteiger partial charge in [-0.25, -0.2) is 4.39 Å². The quantitative estimate of drug-likeness (QED) is 0.506. The van der Waals surface area contributed by atoms with Crippen LogP contribution in [0.4, 0.5) is 4.39 Å². The number of carbonyl (C=O) groups is 1. The van der Waals surface area contributed by atoms with Gasteiger partial charge in [0, 0.05) is 51.5 Å². The fourth-order valence-electron chi connectivity index (χ4n) is 5.98. The van der Waals surface area contributed by atoms with Crippen molar-refractivity contribution in [3.63, 3.8) is 0 Å². The number of nitrogens with zero attached hydrogens (tertiary/aromatic N) is 4. The first kappa shape index (κ1) is 25.8.